The summed E-state index contributed by atoms with van der Waals surface area (Å²) in [7, 11) is 1.90. The van der Waals surface area contributed by atoms with E-state index in [0.717, 1.165) is 19.4 Å². The molecule has 3 nitrogen and oxygen atoms in total. The van der Waals surface area contributed by atoms with Crippen LogP contribution in [0.5, 0.6) is 0 Å². The molecule has 1 aliphatic carbocycles. The van der Waals surface area contributed by atoms with Crippen molar-refractivity contribution in [1.82, 2.24) is 15.1 Å². The van der Waals surface area contributed by atoms with Crippen molar-refractivity contribution in [3.8, 4) is 0 Å². The predicted octanol–water partition coefficient (Wildman–Crippen LogP) is 3.16. The van der Waals surface area contributed by atoms with Gasteiger partial charge in [0, 0.05) is 32.1 Å². The van der Waals surface area contributed by atoms with E-state index in [1.54, 1.807) is 4.68 Å². The number of rotatable bonds is 6. The zero-order chi connectivity index (χ0) is 14.6. The molecule has 1 saturated carbocycles. The molecule has 1 fully saturated rings. The normalized spacial score (nSPS) is 21.0. The van der Waals surface area contributed by atoms with Gasteiger partial charge in [-0.2, -0.15) is 5.10 Å². The molecule has 0 aromatic carbocycles. The maximum atomic E-state index is 13.3. The van der Waals surface area contributed by atoms with Crippen molar-refractivity contribution < 1.29 is 8.78 Å². The van der Waals surface area contributed by atoms with E-state index in [1.165, 1.54) is 5.56 Å². The van der Waals surface area contributed by atoms with E-state index in [2.05, 4.69) is 17.3 Å². The van der Waals surface area contributed by atoms with Gasteiger partial charge in [-0.05, 0) is 43.7 Å². The predicted molar refractivity (Wildman–Crippen MR) is 75.9 cm³/mol. The van der Waals surface area contributed by atoms with Gasteiger partial charge in [0.05, 0.1) is 6.20 Å². The van der Waals surface area contributed by atoms with Crippen molar-refractivity contribution in [2.24, 2.45) is 13.0 Å². The molecule has 20 heavy (non-hydrogen) atoms. The van der Waals surface area contributed by atoms with Crippen LogP contribution in [-0.2, 0) is 13.5 Å². The van der Waals surface area contributed by atoms with E-state index in [1.807, 2.05) is 19.4 Å². The molecule has 1 aromatic heterocycles. The van der Waals surface area contributed by atoms with Gasteiger partial charge < -0.3 is 5.32 Å². The first-order valence-electron chi connectivity index (χ1n) is 7.59. The minimum atomic E-state index is -2.44. The zero-order valence-electron chi connectivity index (χ0n) is 12.4. The highest BCUT2D eigenvalue weighted by Gasteiger charge is 2.37. The molecule has 0 radical (unpaired) electrons. The standard InChI is InChI=1S/C15H25F2N3/c1-3-8-18-14(9-12-10-19-20(2)11-12)13-4-6-15(16,17)7-5-13/h10-11,13-14,18H,3-9H2,1-2H3. The Labute approximate surface area is 119 Å². The molecule has 0 aliphatic heterocycles. The zero-order valence-corrected chi connectivity index (χ0v) is 12.4. The summed E-state index contributed by atoms with van der Waals surface area (Å²) in [6.45, 7) is 3.07. The third kappa shape index (κ3) is 4.27. The van der Waals surface area contributed by atoms with Gasteiger partial charge in [-0.3, -0.25) is 4.68 Å². The number of hydrogen-bond acceptors (Lipinski definition) is 2. The van der Waals surface area contributed by atoms with Crippen molar-refractivity contribution in [2.75, 3.05) is 6.54 Å². The Kier molecular flexibility index (Phi) is 5.13. The second-order valence-corrected chi connectivity index (χ2v) is 5.98. The molecule has 1 atom stereocenters. The minimum absolute atomic E-state index is 0.0367. The molecule has 0 amide bonds. The van der Waals surface area contributed by atoms with Crippen LogP contribution in [0.25, 0.3) is 0 Å². The average Bonchev–Trinajstić information content (AvgIpc) is 2.80. The van der Waals surface area contributed by atoms with Crippen LogP contribution in [0.15, 0.2) is 12.4 Å². The Bertz CT molecular complexity index is 407. The van der Waals surface area contributed by atoms with E-state index in [9.17, 15) is 8.78 Å². The second kappa shape index (κ2) is 6.66. The van der Waals surface area contributed by atoms with E-state index in [-0.39, 0.29) is 18.9 Å². The molecule has 1 unspecified atom stereocenters. The fourth-order valence-electron chi connectivity index (χ4n) is 3.03. The van der Waals surface area contributed by atoms with Gasteiger partial charge in [-0.25, -0.2) is 8.78 Å². The van der Waals surface area contributed by atoms with Crippen LogP contribution >= 0.6 is 0 Å². The van der Waals surface area contributed by atoms with Gasteiger partial charge in [-0.1, -0.05) is 6.92 Å². The Morgan fingerprint density at radius 2 is 2.15 bits per heavy atom. The number of halogens is 2. The molecule has 0 saturated heterocycles. The number of nitrogens with zero attached hydrogens (tertiary/aromatic N) is 2. The lowest BCUT2D eigenvalue weighted by Crippen LogP contribution is -2.41. The number of nitrogens with one attached hydrogen (secondary N) is 1. The highest BCUT2D eigenvalue weighted by atomic mass is 19.3. The summed E-state index contributed by atoms with van der Waals surface area (Å²) in [5.41, 5.74) is 1.18. The summed E-state index contributed by atoms with van der Waals surface area (Å²) in [6.07, 6.45) is 7.14. The first-order chi connectivity index (χ1) is 9.50. The number of aromatic nitrogens is 2. The maximum Gasteiger partial charge on any atom is 0.248 e. The molecule has 2 rings (SSSR count). The third-order valence-corrected chi connectivity index (χ3v) is 4.20. The van der Waals surface area contributed by atoms with Crippen molar-refractivity contribution in [1.29, 1.82) is 0 Å². The summed E-state index contributed by atoms with van der Waals surface area (Å²) < 4.78 is 28.4. The minimum Gasteiger partial charge on any atom is -0.313 e. The lowest BCUT2D eigenvalue weighted by atomic mass is 9.80. The summed E-state index contributed by atoms with van der Waals surface area (Å²) in [4.78, 5) is 0. The van der Waals surface area contributed by atoms with Gasteiger partial charge in [-0.15, -0.1) is 0 Å². The third-order valence-electron chi connectivity index (χ3n) is 4.20. The van der Waals surface area contributed by atoms with Gasteiger partial charge in [0.2, 0.25) is 5.92 Å². The highest BCUT2D eigenvalue weighted by Crippen LogP contribution is 2.38. The molecular weight excluding hydrogens is 260 g/mol. The lowest BCUT2D eigenvalue weighted by Gasteiger charge is -2.34. The maximum absolute atomic E-state index is 13.3. The van der Waals surface area contributed by atoms with E-state index >= 15 is 0 Å². The molecule has 5 heteroatoms. The molecule has 1 aliphatic rings. The Hall–Kier alpha value is -0.970. The van der Waals surface area contributed by atoms with Crippen LogP contribution in [-0.4, -0.2) is 28.3 Å². The molecule has 1 heterocycles. The van der Waals surface area contributed by atoms with Crippen LogP contribution in [0.4, 0.5) is 8.78 Å². The Morgan fingerprint density at radius 1 is 1.45 bits per heavy atom. The molecule has 0 spiro atoms. The summed E-state index contributed by atoms with van der Waals surface area (Å²) in [6, 6.07) is 0.287. The van der Waals surface area contributed by atoms with Crippen molar-refractivity contribution in [2.45, 2.75) is 57.4 Å². The SMILES string of the molecule is CCCNC(Cc1cnn(C)c1)C1CCC(F)(F)CC1. The van der Waals surface area contributed by atoms with Gasteiger partial charge in [0.15, 0.2) is 0 Å². The quantitative estimate of drug-likeness (QED) is 0.870. The van der Waals surface area contributed by atoms with Gasteiger partial charge in [0.1, 0.15) is 0 Å². The van der Waals surface area contributed by atoms with E-state index in [4.69, 9.17) is 0 Å². The first kappa shape index (κ1) is 15.4. The second-order valence-electron chi connectivity index (χ2n) is 5.98. The van der Waals surface area contributed by atoms with Crippen LogP contribution in [0.3, 0.4) is 0 Å². The van der Waals surface area contributed by atoms with Crippen LogP contribution < -0.4 is 5.32 Å². The number of alkyl halides is 2. The monoisotopic (exact) mass is 285 g/mol. The van der Waals surface area contributed by atoms with Crippen LogP contribution in [0.2, 0.25) is 0 Å². The first-order valence-corrected chi connectivity index (χ1v) is 7.59. The Morgan fingerprint density at radius 3 is 2.70 bits per heavy atom. The molecule has 0 bridgehead atoms. The van der Waals surface area contributed by atoms with Crippen molar-refractivity contribution >= 4 is 0 Å². The summed E-state index contributed by atoms with van der Waals surface area (Å²) in [5, 5.41) is 7.73. The fourth-order valence-corrected chi connectivity index (χ4v) is 3.03. The van der Waals surface area contributed by atoms with Crippen molar-refractivity contribution in [3.05, 3.63) is 18.0 Å². The molecule has 1 aromatic rings. The summed E-state index contributed by atoms with van der Waals surface area (Å²) >= 11 is 0. The average molecular weight is 285 g/mol. The van der Waals surface area contributed by atoms with Crippen LogP contribution in [0, 0.1) is 5.92 Å². The topological polar surface area (TPSA) is 29.9 Å². The van der Waals surface area contributed by atoms with Gasteiger partial charge >= 0.3 is 0 Å². The van der Waals surface area contributed by atoms with Crippen LogP contribution in [0.1, 0.15) is 44.6 Å². The Balaban J connectivity index is 1.96. The largest absolute Gasteiger partial charge is 0.313 e. The summed E-state index contributed by atoms with van der Waals surface area (Å²) in [5.74, 6) is -2.10. The van der Waals surface area contributed by atoms with Gasteiger partial charge in [0.25, 0.3) is 0 Å². The molecule has 1 N–H and O–H groups in total. The van der Waals surface area contributed by atoms with E-state index < -0.39 is 5.92 Å². The smallest absolute Gasteiger partial charge is 0.248 e. The molecular formula is C15H25F2N3. The lowest BCUT2D eigenvalue weighted by molar-refractivity contribution is -0.0495. The van der Waals surface area contributed by atoms with E-state index in [0.29, 0.717) is 18.8 Å². The molecule has 114 valence electrons. The highest BCUT2D eigenvalue weighted by molar-refractivity contribution is 5.07. The fraction of sp³-hybridized carbons (Fsp3) is 0.800. The van der Waals surface area contributed by atoms with Crippen molar-refractivity contribution in [3.63, 3.8) is 0 Å². The number of aryl methyl sites for hydroxylation is 1. The number of hydrogen-bond donors (Lipinski definition) is 1.